The average Bonchev–Trinajstić information content (AvgIpc) is 2.48. The van der Waals surface area contributed by atoms with Crippen molar-refractivity contribution in [3.05, 3.63) is 0 Å². The number of hydrogen-bond acceptors (Lipinski definition) is 2. The summed E-state index contributed by atoms with van der Waals surface area (Å²) in [5.41, 5.74) is 0. The Bertz CT molecular complexity index is 170. The van der Waals surface area contributed by atoms with Crippen molar-refractivity contribution in [3.8, 4) is 0 Å². The van der Waals surface area contributed by atoms with Crippen LogP contribution < -0.4 is 10.6 Å². The van der Waals surface area contributed by atoms with E-state index in [1.54, 1.807) is 0 Å². The lowest BCUT2D eigenvalue weighted by molar-refractivity contribution is 0.374. The lowest BCUT2D eigenvalue weighted by atomic mass is 9.95. The highest BCUT2D eigenvalue weighted by molar-refractivity contribution is 4.71. The molecule has 0 saturated heterocycles. The Morgan fingerprint density at radius 2 is 1.28 bits per heavy atom. The van der Waals surface area contributed by atoms with Crippen molar-refractivity contribution in [2.75, 3.05) is 13.6 Å². The molecule has 0 aromatic heterocycles. The molecule has 2 saturated carbocycles. The lowest BCUT2D eigenvalue weighted by Crippen LogP contribution is -2.31. The molecule has 2 fully saturated rings. The van der Waals surface area contributed by atoms with Crippen LogP contribution in [0.5, 0.6) is 0 Å². The molecular formula is C16H34N2. The van der Waals surface area contributed by atoms with E-state index in [2.05, 4.69) is 24.6 Å². The van der Waals surface area contributed by atoms with E-state index in [0.29, 0.717) is 0 Å². The second kappa shape index (κ2) is 10.8. The molecule has 0 amide bonds. The molecule has 18 heavy (non-hydrogen) atoms. The second-order valence-electron chi connectivity index (χ2n) is 5.91. The zero-order valence-corrected chi connectivity index (χ0v) is 12.6. The van der Waals surface area contributed by atoms with Crippen LogP contribution in [0.1, 0.15) is 77.6 Å². The molecule has 0 bridgehead atoms. The Balaban J connectivity index is 0.000000184. The van der Waals surface area contributed by atoms with Crippen molar-refractivity contribution < 1.29 is 0 Å². The minimum Gasteiger partial charge on any atom is -0.317 e. The third-order valence-electron chi connectivity index (χ3n) is 4.30. The van der Waals surface area contributed by atoms with Gasteiger partial charge in [-0.2, -0.15) is 0 Å². The summed E-state index contributed by atoms with van der Waals surface area (Å²) in [6, 6.07) is 1.69. The van der Waals surface area contributed by atoms with Crippen LogP contribution in [0.25, 0.3) is 0 Å². The molecule has 2 nitrogen and oxygen atoms in total. The predicted molar refractivity (Wildman–Crippen MR) is 81.1 cm³/mol. The smallest absolute Gasteiger partial charge is 0.00670 e. The van der Waals surface area contributed by atoms with Gasteiger partial charge < -0.3 is 10.6 Å². The molecule has 0 aromatic carbocycles. The fourth-order valence-electron chi connectivity index (χ4n) is 3.05. The lowest BCUT2D eigenvalue weighted by Gasteiger charge is -2.22. The SMILES string of the molecule is CCCNC1CCCCC1.CNC1CCCCC1. The summed E-state index contributed by atoms with van der Waals surface area (Å²) in [5, 5.41) is 6.88. The summed E-state index contributed by atoms with van der Waals surface area (Å²) in [6.45, 7) is 3.44. The van der Waals surface area contributed by atoms with E-state index < -0.39 is 0 Å². The van der Waals surface area contributed by atoms with E-state index in [9.17, 15) is 0 Å². The van der Waals surface area contributed by atoms with Crippen LogP contribution in [0.15, 0.2) is 0 Å². The van der Waals surface area contributed by atoms with Gasteiger partial charge in [-0.25, -0.2) is 0 Å². The summed E-state index contributed by atoms with van der Waals surface area (Å²) >= 11 is 0. The number of nitrogens with one attached hydrogen (secondary N) is 2. The molecule has 0 radical (unpaired) electrons. The molecule has 2 rings (SSSR count). The van der Waals surface area contributed by atoms with Crippen LogP contribution in [0.4, 0.5) is 0 Å². The third kappa shape index (κ3) is 7.38. The van der Waals surface area contributed by atoms with Gasteiger partial charge in [0.15, 0.2) is 0 Å². The van der Waals surface area contributed by atoms with Crippen LogP contribution >= 0.6 is 0 Å². The summed E-state index contributed by atoms with van der Waals surface area (Å²) < 4.78 is 0. The van der Waals surface area contributed by atoms with Crippen molar-refractivity contribution in [1.82, 2.24) is 10.6 Å². The summed E-state index contributed by atoms with van der Waals surface area (Å²) in [4.78, 5) is 0. The molecule has 2 aliphatic rings. The molecule has 2 heteroatoms. The first-order valence-corrected chi connectivity index (χ1v) is 8.27. The first-order valence-electron chi connectivity index (χ1n) is 8.27. The zero-order chi connectivity index (χ0) is 13.1. The van der Waals surface area contributed by atoms with E-state index in [0.717, 1.165) is 12.1 Å². The van der Waals surface area contributed by atoms with Crippen LogP contribution in [-0.2, 0) is 0 Å². The molecule has 0 atom stereocenters. The van der Waals surface area contributed by atoms with Crippen molar-refractivity contribution >= 4 is 0 Å². The maximum atomic E-state index is 3.57. The minimum absolute atomic E-state index is 0.837. The Morgan fingerprint density at radius 1 is 0.778 bits per heavy atom. The minimum atomic E-state index is 0.837. The van der Waals surface area contributed by atoms with E-state index >= 15 is 0 Å². The topological polar surface area (TPSA) is 24.1 Å². The molecule has 2 aliphatic carbocycles. The molecule has 108 valence electrons. The van der Waals surface area contributed by atoms with Crippen LogP contribution in [0.3, 0.4) is 0 Å². The van der Waals surface area contributed by atoms with E-state index in [1.807, 2.05) is 0 Å². The molecule has 0 unspecified atom stereocenters. The fourth-order valence-corrected chi connectivity index (χ4v) is 3.05. The highest BCUT2D eigenvalue weighted by atomic mass is 14.9. The van der Waals surface area contributed by atoms with Gasteiger partial charge in [-0.15, -0.1) is 0 Å². The van der Waals surface area contributed by atoms with Crippen LogP contribution in [0.2, 0.25) is 0 Å². The number of rotatable bonds is 4. The van der Waals surface area contributed by atoms with Gasteiger partial charge in [0.1, 0.15) is 0 Å². The summed E-state index contributed by atoms with van der Waals surface area (Å²) in [6.07, 6.45) is 15.6. The van der Waals surface area contributed by atoms with Crippen molar-refractivity contribution in [2.45, 2.75) is 89.6 Å². The highest BCUT2D eigenvalue weighted by Gasteiger charge is 2.11. The Kier molecular flexibility index (Phi) is 9.59. The first-order chi connectivity index (χ1) is 8.86. The van der Waals surface area contributed by atoms with Crippen LogP contribution in [0, 0.1) is 0 Å². The first kappa shape index (κ1) is 16.0. The standard InChI is InChI=1S/C9H19N.C7H15N/c1-2-8-10-9-6-4-3-5-7-9;1-8-7-5-3-2-4-6-7/h9-10H,2-8H2,1H3;7-8H,2-6H2,1H3. The zero-order valence-electron chi connectivity index (χ0n) is 12.6. The quantitative estimate of drug-likeness (QED) is 0.796. The van der Waals surface area contributed by atoms with Crippen molar-refractivity contribution in [3.63, 3.8) is 0 Å². The average molecular weight is 254 g/mol. The maximum absolute atomic E-state index is 3.57. The van der Waals surface area contributed by atoms with Crippen molar-refractivity contribution in [2.24, 2.45) is 0 Å². The highest BCUT2D eigenvalue weighted by Crippen LogP contribution is 2.17. The van der Waals surface area contributed by atoms with Gasteiger partial charge in [-0.1, -0.05) is 45.4 Å². The summed E-state index contributed by atoms with van der Waals surface area (Å²) in [7, 11) is 2.07. The third-order valence-corrected chi connectivity index (χ3v) is 4.30. The molecule has 2 N–H and O–H groups in total. The van der Waals surface area contributed by atoms with Gasteiger partial charge in [0.25, 0.3) is 0 Å². The number of hydrogen-bond donors (Lipinski definition) is 2. The van der Waals surface area contributed by atoms with Gasteiger partial charge in [0.2, 0.25) is 0 Å². The maximum Gasteiger partial charge on any atom is 0.00670 e. The van der Waals surface area contributed by atoms with Gasteiger partial charge in [-0.05, 0) is 45.7 Å². The molecule has 0 spiro atoms. The second-order valence-corrected chi connectivity index (χ2v) is 5.91. The fraction of sp³-hybridized carbons (Fsp3) is 1.00. The Hall–Kier alpha value is -0.0800. The van der Waals surface area contributed by atoms with Crippen LogP contribution in [-0.4, -0.2) is 25.7 Å². The van der Waals surface area contributed by atoms with E-state index in [4.69, 9.17) is 0 Å². The molecule has 0 heterocycles. The molecular weight excluding hydrogens is 220 g/mol. The van der Waals surface area contributed by atoms with Gasteiger partial charge in [0.05, 0.1) is 0 Å². The predicted octanol–water partition coefficient (Wildman–Crippen LogP) is 3.86. The Morgan fingerprint density at radius 3 is 1.67 bits per heavy atom. The molecule has 0 aliphatic heterocycles. The molecule has 0 aromatic rings. The monoisotopic (exact) mass is 254 g/mol. The van der Waals surface area contributed by atoms with E-state index in [-0.39, 0.29) is 0 Å². The van der Waals surface area contributed by atoms with Crippen molar-refractivity contribution in [1.29, 1.82) is 0 Å². The van der Waals surface area contributed by atoms with Gasteiger partial charge in [0, 0.05) is 12.1 Å². The van der Waals surface area contributed by atoms with Gasteiger partial charge in [-0.3, -0.25) is 0 Å². The van der Waals surface area contributed by atoms with E-state index in [1.165, 1.54) is 77.2 Å². The normalized spacial score (nSPS) is 22.3. The Labute approximate surface area is 114 Å². The summed E-state index contributed by atoms with van der Waals surface area (Å²) in [5.74, 6) is 0. The largest absolute Gasteiger partial charge is 0.317 e. The van der Waals surface area contributed by atoms with Gasteiger partial charge >= 0.3 is 0 Å².